The number of thioether (sulfide) groups is 1. The van der Waals surface area contributed by atoms with Gasteiger partial charge >= 0.3 is 0 Å². The van der Waals surface area contributed by atoms with E-state index >= 15 is 0 Å². The lowest BCUT2D eigenvalue weighted by atomic mass is 10.0. The summed E-state index contributed by atoms with van der Waals surface area (Å²) >= 11 is 20.3. The number of halogens is 3. The highest BCUT2D eigenvalue weighted by Gasteiger charge is 2.32. The molecule has 0 unspecified atom stereocenters. The van der Waals surface area contributed by atoms with Gasteiger partial charge in [0.15, 0.2) is 0 Å². The maximum absolute atomic E-state index is 13.8. The second-order valence-electron chi connectivity index (χ2n) is 9.54. The summed E-state index contributed by atoms with van der Waals surface area (Å²) in [5, 5.41) is 4.94. The van der Waals surface area contributed by atoms with Crippen molar-refractivity contribution in [1.29, 1.82) is 0 Å². The second-order valence-corrected chi connectivity index (χ2v) is 11.8. The Morgan fingerprint density at radius 3 is 2.32 bits per heavy atom. The zero-order valence-electron chi connectivity index (χ0n) is 21.0. The molecular weight excluding hydrogens is 559 g/mol. The third-order valence-electron chi connectivity index (χ3n) is 6.77. The van der Waals surface area contributed by atoms with Crippen LogP contribution >= 0.6 is 46.6 Å². The van der Waals surface area contributed by atoms with Crippen molar-refractivity contribution >= 4 is 58.4 Å². The van der Waals surface area contributed by atoms with Crippen molar-refractivity contribution in [2.24, 2.45) is 0 Å². The van der Waals surface area contributed by atoms with Crippen molar-refractivity contribution < 1.29 is 9.59 Å². The van der Waals surface area contributed by atoms with Crippen molar-refractivity contribution in [3.8, 4) is 0 Å². The first-order chi connectivity index (χ1) is 18.4. The van der Waals surface area contributed by atoms with Crippen molar-refractivity contribution in [2.75, 3.05) is 5.75 Å². The number of nitrogens with zero attached hydrogens (tertiary/aromatic N) is 1. The van der Waals surface area contributed by atoms with Gasteiger partial charge in [-0.3, -0.25) is 9.59 Å². The lowest BCUT2D eigenvalue weighted by Crippen LogP contribution is -2.52. The molecule has 200 valence electrons. The lowest BCUT2D eigenvalue weighted by Gasteiger charge is -2.32. The molecular formula is C30H31Cl3N2O2S. The van der Waals surface area contributed by atoms with E-state index in [0.29, 0.717) is 27.2 Å². The standard InChI is InChI=1S/C30H31Cl3N2O2S/c31-24-15-14-23(27(33)17-24)19-38-20-29(36)35(18-22-10-4-7-13-26(22)32)28(16-21-8-2-1-3-9-21)30(37)34-25-11-5-6-12-25/h1-4,7-10,13-15,17,25,28H,5-6,11-12,16,18-20H2,(H,34,37)/t28-/m0/s1. The number of amides is 2. The van der Waals surface area contributed by atoms with E-state index in [1.165, 1.54) is 11.8 Å². The third-order valence-corrected chi connectivity index (χ3v) is 8.69. The molecule has 3 aromatic carbocycles. The smallest absolute Gasteiger partial charge is 0.243 e. The van der Waals surface area contributed by atoms with Crippen LogP contribution < -0.4 is 5.32 Å². The van der Waals surface area contributed by atoms with Crippen molar-refractivity contribution in [3.05, 3.63) is 105 Å². The second kappa shape index (κ2) is 14.3. The fourth-order valence-corrected chi connectivity index (χ4v) is 6.37. The summed E-state index contributed by atoms with van der Waals surface area (Å²) in [6, 6.07) is 22.1. The molecule has 0 aromatic heterocycles. The summed E-state index contributed by atoms with van der Waals surface area (Å²) in [5.41, 5.74) is 2.71. The number of rotatable bonds is 11. The van der Waals surface area contributed by atoms with Crippen LogP contribution in [-0.4, -0.2) is 34.6 Å². The minimum Gasteiger partial charge on any atom is -0.352 e. The maximum Gasteiger partial charge on any atom is 0.243 e. The third kappa shape index (κ3) is 8.16. The number of carbonyl (C=O) groups is 2. The van der Waals surface area contributed by atoms with Crippen molar-refractivity contribution in [2.45, 2.75) is 56.5 Å². The summed E-state index contributed by atoms with van der Waals surface area (Å²) in [5.74, 6) is 0.513. The Morgan fingerprint density at radius 1 is 0.895 bits per heavy atom. The molecule has 0 aliphatic heterocycles. The molecule has 2 amide bonds. The highest BCUT2D eigenvalue weighted by Crippen LogP contribution is 2.26. The zero-order chi connectivity index (χ0) is 26.9. The Labute approximate surface area is 244 Å². The minimum absolute atomic E-state index is 0.119. The molecule has 1 fully saturated rings. The van der Waals surface area contributed by atoms with E-state index in [4.69, 9.17) is 34.8 Å². The number of benzene rings is 3. The van der Waals surface area contributed by atoms with Crippen LogP contribution in [-0.2, 0) is 28.3 Å². The molecule has 1 aliphatic rings. The quantitative estimate of drug-likeness (QED) is 0.251. The van der Waals surface area contributed by atoms with E-state index in [2.05, 4.69) is 5.32 Å². The Morgan fingerprint density at radius 2 is 1.61 bits per heavy atom. The molecule has 38 heavy (non-hydrogen) atoms. The summed E-state index contributed by atoms with van der Waals surface area (Å²) in [7, 11) is 0. The van der Waals surface area contributed by atoms with Gasteiger partial charge in [0, 0.05) is 39.8 Å². The molecule has 4 nitrogen and oxygen atoms in total. The number of hydrogen-bond donors (Lipinski definition) is 1. The first kappa shape index (κ1) is 28.8. The maximum atomic E-state index is 13.8. The molecule has 4 rings (SSSR count). The van der Waals surface area contributed by atoms with Gasteiger partial charge in [-0.15, -0.1) is 11.8 Å². The number of carbonyl (C=O) groups excluding carboxylic acids is 2. The van der Waals surface area contributed by atoms with E-state index in [1.807, 2.05) is 60.7 Å². The SMILES string of the molecule is O=C(NC1CCCC1)[C@H](Cc1ccccc1)N(Cc1ccccc1Cl)C(=O)CSCc1ccc(Cl)cc1Cl. The van der Waals surface area contributed by atoms with Gasteiger partial charge in [-0.05, 0) is 47.7 Å². The monoisotopic (exact) mass is 588 g/mol. The van der Waals surface area contributed by atoms with Crippen LogP contribution in [0.4, 0.5) is 0 Å². The van der Waals surface area contributed by atoms with Crippen LogP contribution in [0.3, 0.4) is 0 Å². The molecule has 0 radical (unpaired) electrons. The highest BCUT2D eigenvalue weighted by molar-refractivity contribution is 7.99. The topological polar surface area (TPSA) is 49.4 Å². The molecule has 1 saturated carbocycles. The first-order valence-corrected chi connectivity index (χ1v) is 15.1. The Balaban J connectivity index is 1.57. The van der Waals surface area contributed by atoms with E-state index in [0.717, 1.165) is 42.4 Å². The molecule has 8 heteroatoms. The lowest BCUT2D eigenvalue weighted by molar-refractivity contribution is -0.139. The molecule has 0 bridgehead atoms. The summed E-state index contributed by atoms with van der Waals surface area (Å²) in [6.45, 7) is 0.246. The molecule has 0 heterocycles. The molecule has 0 saturated heterocycles. The minimum atomic E-state index is -0.665. The van der Waals surface area contributed by atoms with Crippen LogP contribution in [0.15, 0.2) is 72.8 Å². The Hall–Kier alpha value is -2.18. The van der Waals surface area contributed by atoms with Crippen LogP contribution in [0.25, 0.3) is 0 Å². The number of nitrogens with one attached hydrogen (secondary N) is 1. The van der Waals surface area contributed by atoms with Crippen LogP contribution in [0.1, 0.15) is 42.4 Å². The van der Waals surface area contributed by atoms with Gasteiger partial charge in [-0.2, -0.15) is 0 Å². The predicted molar refractivity (Wildman–Crippen MR) is 159 cm³/mol. The van der Waals surface area contributed by atoms with Gasteiger partial charge in [-0.25, -0.2) is 0 Å². The van der Waals surface area contributed by atoms with Gasteiger partial charge in [0.2, 0.25) is 11.8 Å². The van der Waals surface area contributed by atoms with Crippen molar-refractivity contribution in [1.82, 2.24) is 10.2 Å². The number of hydrogen-bond acceptors (Lipinski definition) is 3. The Kier molecular flexibility index (Phi) is 10.8. The van der Waals surface area contributed by atoms with Crippen molar-refractivity contribution in [3.63, 3.8) is 0 Å². The van der Waals surface area contributed by atoms with E-state index in [1.54, 1.807) is 17.0 Å². The predicted octanol–water partition coefficient (Wildman–Crippen LogP) is 7.58. The van der Waals surface area contributed by atoms with E-state index < -0.39 is 6.04 Å². The summed E-state index contributed by atoms with van der Waals surface area (Å²) in [4.78, 5) is 29.2. The van der Waals surface area contributed by atoms with Gasteiger partial charge in [-0.1, -0.05) is 102 Å². The average Bonchev–Trinajstić information content (AvgIpc) is 3.42. The van der Waals surface area contributed by atoms with E-state index in [-0.39, 0.29) is 30.2 Å². The van der Waals surface area contributed by atoms with Gasteiger partial charge < -0.3 is 10.2 Å². The normalized spacial score (nSPS) is 14.3. The highest BCUT2D eigenvalue weighted by atomic mass is 35.5. The molecule has 1 atom stereocenters. The first-order valence-electron chi connectivity index (χ1n) is 12.8. The summed E-state index contributed by atoms with van der Waals surface area (Å²) in [6.07, 6.45) is 4.59. The van der Waals surface area contributed by atoms with Gasteiger partial charge in [0.1, 0.15) is 6.04 Å². The largest absolute Gasteiger partial charge is 0.352 e. The molecule has 0 spiro atoms. The van der Waals surface area contributed by atoms with Gasteiger partial charge in [0.05, 0.1) is 5.75 Å². The zero-order valence-corrected chi connectivity index (χ0v) is 24.1. The van der Waals surface area contributed by atoms with E-state index in [9.17, 15) is 9.59 Å². The van der Waals surface area contributed by atoms with Crippen LogP contribution in [0, 0.1) is 0 Å². The van der Waals surface area contributed by atoms with Gasteiger partial charge in [0.25, 0.3) is 0 Å². The summed E-state index contributed by atoms with van der Waals surface area (Å²) < 4.78 is 0. The van der Waals surface area contributed by atoms with Crippen LogP contribution in [0.2, 0.25) is 15.1 Å². The van der Waals surface area contributed by atoms with Crippen LogP contribution in [0.5, 0.6) is 0 Å². The molecule has 1 N–H and O–H groups in total. The fourth-order valence-electron chi connectivity index (χ4n) is 4.70. The average molecular weight is 590 g/mol. The molecule has 1 aliphatic carbocycles. The fraction of sp³-hybridized carbons (Fsp3) is 0.333. The Bertz CT molecular complexity index is 1240. The molecule has 3 aromatic rings.